The molecule has 3 aliphatic heterocycles. The summed E-state index contributed by atoms with van der Waals surface area (Å²) in [6, 6.07) is 7.98. The third-order valence-electron chi connectivity index (χ3n) is 11.4. The van der Waals surface area contributed by atoms with Gasteiger partial charge in [0.15, 0.2) is 0 Å². The van der Waals surface area contributed by atoms with E-state index in [4.69, 9.17) is 9.47 Å². The number of hydrogen-bond acceptors (Lipinski definition) is 7. The Labute approximate surface area is 305 Å². The minimum atomic E-state index is -1.20. The summed E-state index contributed by atoms with van der Waals surface area (Å²) in [6.07, 6.45) is 10.1. The van der Waals surface area contributed by atoms with E-state index in [9.17, 15) is 24.3 Å². The number of ether oxygens (including phenoxy) is 2. The molecule has 50 heavy (non-hydrogen) atoms. The molecule has 8 atom stereocenters. The lowest BCUT2D eigenvalue weighted by molar-refractivity contribution is -0.164. The molecule has 1 spiro atoms. The molecule has 10 nitrogen and oxygen atoms in total. The average molecular weight is 757 g/mol. The molecule has 0 radical (unpaired) electrons. The number of hydrogen-bond donors (Lipinski definition) is 1. The second-order valence-corrected chi connectivity index (χ2v) is 15.6. The van der Waals surface area contributed by atoms with Gasteiger partial charge in [-0.05, 0) is 57.4 Å². The molecule has 1 saturated carbocycles. The van der Waals surface area contributed by atoms with Gasteiger partial charge in [-0.25, -0.2) is 0 Å². The number of halogens is 1. The number of rotatable bonds is 17. The summed E-state index contributed by atoms with van der Waals surface area (Å²) in [4.78, 5) is 61.9. The van der Waals surface area contributed by atoms with Crippen LogP contribution in [0.25, 0.3) is 0 Å². The zero-order valence-electron chi connectivity index (χ0n) is 29.6. The van der Waals surface area contributed by atoms with Gasteiger partial charge in [0.05, 0.1) is 24.0 Å². The highest BCUT2D eigenvalue weighted by atomic mass is 79.9. The molecule has 11 heteroatoms. The van der Waals surface area contributed by atoms with Crippen molar-refractivity contribution in [2.45, 2.75) is 118 Å². The van der Waals surface area contributed by atoms with Gasteiger partial charge in [0, 0.05) is 44.0 Å². The molecule has 1 unspecified atom stereocenters. The van der Waals surface area contributed by atoms with Crippen molar-refractivity contribution >= 4 is 39.6 Å². The van der Waals surface area contributed by atoms with Crippen LogP contribution in [0.1, 0.15) is 89.2 Å². The van der Waals surface area contributed by atoms with E-state index >= 15 is 0 Å². The molecule has 5 rings (SSSR count). The molecule has 1 aromatic rings. The zero-order valence-corrected chi connectivity index (χ0v) is 31.2. The van der Waals surface area contributed by atoms with E-state index in [0.29, 0.717) is 45.2 Å². The van der Waals surface area contributed by atoms with Gasteiger partial charge < -0.3 is 29.3 Å². The fourth-order valence-electron chi connectivity index (χ4n) is 8.72. The summed E-state index contributed by atoms with van der Waals surface area (Å²) in [5.41, 5.74) is -0.470. The maximum atomic E-state index is 14.8. The number of carbonyl (C=O) groups is 4. The van der Waals surface area contributed by atoms with Crippen LogP contribution in [0.3, 0.4) is 0 Å². The molecule has 3 saturated heterocycles. The Morgan fingerprint density at radius 1 is 1.12 bits per heavy atom. The standard InChI is InChI=1S/C39H54BrN3O7/c1-5-7-21-30(45)41(4)26(3)33(27-17-11-8-12-18-27)49-38(48)31-32-36(46)43(23-15-10-16-24-44)35(39(32)25-29(40)34(31)50-39)37(47)42(22-6-2)28-19-13-9-14-20-28/h5-6,8,11-12,17-18,26,28-29,31-35,44H,1-2,7,9-10,13-16,19-25H2,3-4H3/t26-,29?,31+,32-,33+,34+,35+,39-/m0/s1. The molecule has 0 aromatic heterocycles. The number of alkyl halides is 1. The summed E-state index contributed by atoms with van der Waals surface area (Å²) in [5.74, 6) is -2.92. The normalized spacial score (nSPS) is 28.5. The molecule has 1 N–H and O–H groups in total. The fraction of sp³-hybridized carbons (Fsp3) is 0.641. The van der Waals surface area contributed by atoms with Crippen LogP contribution in [-0.4, -0.2) is 105 Å². The van der Waals surface area contributed by atoms with Crippen molar-refractivity contribution in [2.24, 2.45) is 11.8 Å². The van der Waals surface area contributed by atoms with Gasteiger partial charge in [0.2, 0.25) is 17.7 Å². The molecule has 3 heterocycles. The van der Waals surface area contributed by atoms with E-state index in [-0.39, 0.29) is 41.6 Å². The van der Waals surface area contributed by atoms with Crippen molar-refractivity contribution < 1.29 is 33.8 Å². The number of benzene rings is 1. The van der Waals surface area contributed by atoms with Crippen LogP contribution in [0, 0.1) is 11.8 Å². The average Bonchev–Trinajstić information content (AvgIpc) is 3.73. The summed E-state index contributed by atoms with van der Waals surface area (Å²) in [6.45, 7) is 10.3. The number of amides is 3. The largest absolute Gasteiger partial charge is 0.455 e. The van der Waals surface area contributed by atoms with Crippen LogP contribution in [-0.2, 0) is 28.7 Å². The Morgan fingerprint density at radius 3 is 2.50 bits per heavy atom. The lowest BCUT2D eigenvalue weighted by Crippen LogP contribution is -2.58. The number of esters is 1. The first-order valence-electron chi connectivity index (χ1n) is 18.4. The van der Waals surface area contributed by atoms with E-state index in [1.165, 1.54) is 0 Å². The third-order valence-corrected chi connectivity index (χ3v) is 12.2. The monoisotopic (exact) mass is 755 g/mol. The van der Waals surface area contributed by atoms with Crippen LogP contribution in [0.5, 0.6) is 0 Å². The number of aliphatic hydroxyl groups is 1. The van der Waals surface area contributed by atoms with Crippen LogP contribution in [0.2, 0.25) is 0 Å². The molecule has 1 aromatic carbocycles. The van der Waals surface area contributed by atoms with Crippen LogP contribution >= 0.6 is 15.9 Å². The highest BCUT2D eigenvalue weighted by Gasteiger charge is 2.77. The molecular formula is C39H54BrN3O7. The zero-order chi connectivity index (χ0) is 36.0. The fourth-order valence-corrected chi connectivity index (χ4v) is 9.66. The van der Waals surface area contributed by atoms with E-state index < -0.39 is 47.7 Å². The molecule has 274 valence electrons. The van der Waals surface area contributed by atoms with Crippen molar-refractivity contribution in [3.05, 3.63) is 61.2 Å². The van der Waals surface area contributed by atoms with Gasteiger partial charge in [-0.15, -0.1) is 13.2 Å². The van der Waals surface area contributed by atoms with E-state index in [0.717, 1.165) is 37.7 Å². The SMILES string of the molecule is C=CCCC(=O)N(C)[C@@H](C)[C@@H](OC(=O)[C@H]1[C@@H]2O[C@@]3(CC2Br)[C@@H]1C(=O)N(CCCCCO)[C@@H]3C(=O)N(CC=C)C1CCCCC1)c1ccccc1. The van der Waals surface area contributed by atoms with Crippen LogP contribution < -0.4 is 0 Å². The van der Waals surface area contributed by atoms with Crippen molar-refractivity contribution in [1.29, 1.82) is 0 Å². The predicted octanol–water partition coefficient (Wildman–Crippen LogP) is 5.34. The lowest BCUT2D eigenvalue weighted by atomic mass is 9.70. The second-order valence-electron chi connectivity index (χ2n) is 14.4. The topological polar surface area (TPSA) is 117 Å². The quantitative estimate of drug-likeness (QED) is 0.0988. The minimum Gasteiger partial charge on any atom is -0.455 e. The maximum Gasteiger partial charge on any atom is 0.313 e. The molecule has 4 aliphatic rings. The third kappa shape index (κ3) is 7.46. The van der Waals surface area contributed by atoms with E-state index in [1.807, 2.05) is 42.2 Å². The van der Waals surface area contributed by atoms with Crippen molar-refractivity contribution in [2.75, 3.05) is 26.7 Å². The Balaban J connectivity index is 1.48. The van der Waals surface area contributed by atoms with Crippen LogP contribution in [0.4, 0.5) is 0 Å². The van der Waals surface area contributed by atoms with Gasteiger partial charge in [-0.3, -0.25) is 19.2 Å². The first-order valence-corrected chi connectivity index (χ1v) is 19.3. The van der Waals surface area contributed by atoms with Gasteiger partial charge in [-0.1, -0.05) is 77.7 Å². The number of likely N-dealkylation sites (N-methyl/N-ethyl adjacent to an activating group) is 1. The first-order chi connectivity index (χ1) is 24.1. The second kappa shape index (κ2) is 17.0. The summed E-state index contributed by atoms with van der Waals surface area (Å²) >= 11 is 3.78. The Morgan fingerprint density at radius 2 is 1.84 bits per heavy atom. The Bertz CT molecular complexity index is 1390. The number of fused-ring (bicyclic) bond motifs is 1. The number of carbonyl (C=O) groups excluding carboxylic acids is 4. The van der Waals surface area contributed by atoms with Gasteiger partial charge in [0.25, 0.3) is 0 Å². The maximum absolute atomic E-state index is 14.8. The summed E-state index contributed by atoms with van der Waals surface area (Å²) in [7, 11) is 1.71. The van der Waals surface area contributed by atoms with E-state index in [2.05, 4.69) is 29.1 Å². The van der Waals surface area contributed by atoms with Crippen molar-refractivity contribution in [3.63, 3.8) is 0 Å². The first kappa shape index (κ1) is 38.2. The molecule has 1 aliphatic carbocycles. The number of allylic oxidation sites excluding steroid dienone is 1. The predicted molar refractivity (Wildman–Crippen MR) is 194 cm³/mol. The Kier molecular flexibility index (Phi) is 13.0. The molecular weight excluding hydrogens is 702 g/mol. The van der Waals surface area contributed by atoms with Crippen LogP contribution in [0.15, 0.2) is 55.6 Å². The lowest BCUT2D eigenvalue weighted by Gasteiger charge is -2.41. The van der Waals surface area contributed by atoms with E-state index in [1.54, 1.807) is 29.0 Å². The van der Waals surface area contributed by atoms with Crippen molar-refractivity contribution in [1.82, 2.24) is 14.7 Å². The highest BCUT2D eigenvalue weighted by Crippen LogP contribution is 2.60. The molecule has 2 bridgehead atoms. The smallest absolute Gasteiger partial charge is 0.313 e. The number of likely N-dealkylation sites (tertiary alicyclic amines) is 1. The molecule has 4 fully saturated rings. The number of nitrogens with zero attached hydrogens (tertiary/aromatic N) is 3. The van der Waals surface area contributed by atoms with Gasteiger partial charge in [-0.2, -0.15) is 0 Å². The van der Waals surface area contributed by atoms with Crippen molar-refractivity contribution in [3.8, 4) is 0 Å². The molecule has 3 amide bonds. The minimum absolute atomic E-state index is 0.0504. The Hall–Kier alpha value is -3.02. The van der Waals surface area contributed by atoms with Gasteiger partial charge >= 0.3 is 5.97 Å². The number of unbranched alkanes of at least 4 members (excludes halogenated alkanes) is 2. The summed E-state index contributed by atoms with van der Waals surface area (Å²) < 4.78 is 13.2. The highest BCUT2D eigenvalue weighted by molar-refractivity contribution is 9.09. The summed E-state index contributed by atoms with van der Waals surface area (Å²) in [5, 5.41) is 9.41. The number of aliphatic hydroxyl groups excluding tert-OH is 1. The van der Waals surface area contributed by atoms with Gasteiger partial charge in [0.1, 0.15) is 17.7 Å².